The molecule has 4 aromatic carbocycles. The summed E-state index contributed by atoms with van der Waals surface area (Å²) in [7, 11) is 0. The van der Waals surface area contributed by atoms with Crippen LogP contribution in [0.4, 0.5) is 0 Å². The maximum Gasteiger partial charge on any atom is 0.123 e. The molecule has 0 bridgehead atoms. The Labute approximate surface area is 194 Å². The summed E-state index contributed by atoms with van der Waals surface area (Å²) in [5.41, 5.74) is 4.72. The Bertz CT molecular complexity index is 1400. The van der Waals surface area contributed by atoms with Gasteiger partial charge in [0.2, 0.25) is 0 Å². The van der Waals surface area contributed by atoms with E-state index in [-0.39, 0.29) is 0 Å². The molecule has 0 spiro atoms. The highest BCUT2D eigenvalue weighted by Gasteiger charge is 2.10. The minimum atomic E-state index is 1.04. The summed E-state index contributed by atoms with van der Waals surface area (Å²) in [5, 5.41) is 4.51. The zero-order valence-corrected chi connectivity index (χ0v) is 18.7. The molecule has 0 saturated carbocycles. The van der Waals surface area contributed by atoms with Crippen LogP contribution in [0.1, 0.15) is 0 Å². The molecule has 0 N–H and O–H groups in total. The van der Waals surface area contributed by atoms with Gasteiger partial charge in [0.1, 0.15) is 10.0 Å². The van der Waals surface area contributed by atoms with Crippen molar-refractivity contribution in [1.29, 1.82) is 0 Å². The molecule has 6 rings (SSSR count). The lowest BCUT2D eigenvalue weighted by molar-refractivity contribution is 1.41. The van der Waals surface area contributed by atoms with Gasteiger partial charge >= 0.3 is 0 Å². The highest BCUT2D eigenvalue weighted by atomic mass is 32.1. The standard InChI is InChI=1S/C28H18N2S2/c1-3-7-19(8-4-1)25-17-29-27(31-25)23-13-11-22-16-24(14-12-21(22)15-23)28-30-18-26(32-28)20-9-5-2-6-10-20/h1-18H. The van der Waals surface area contributed by atoms with Crippen molar-refractivity contribution in [1.82, 2.24) is 9.97 Å². The van der Waals surface area contributed by atoms with E-state index in [1.807, 2.05) is 24.5 Å². The molecule has 0 radical (unpaired) electrons. The summed E-state index contributed by atoms with van der Waals surface area (Å²) in [4.78, 5) is 11.7. The summed E-state index contributed by atoms with van der Waals surface area (Å²) in [6, 6.07) is 34.0. The maximum atomic E-state index is 4.68. The van der Waals surface area contributed by atoms with Crippen LogP contribution in [0.3, 0.4) is 0 Å². The van der Waals surface area contributed by atoms with E-state index in [1.165, 1.54) is 31.7 Å². The second-order valence-corrected chi connectivity index (χ2v) is 9.63. The van der Waals surface area contributed by atoms with Crippen molar-refractivity contribution >= 4 is 33.4 Å². The summed E-state index contributed by atoms with van der Waals surface area (Å²) >= 11 is 3.46. The molecule has 0 aliphatic heterocycles. The molecule has 0 saturated heterocycles. The van der Waals surface area contributed by atoms with Crippen LogP contribution in [0.2, 0.25) is 0 Å². The molecule has 0 aliphatic rings. The Morgan fingerprint density at radius 1 is 0.438 bits per heavy atom. The summed E-state index contributed by atoms with van der Waals surface area (Å²) in [5.74, 6) is 0. The normalized spacial score (nSPS) is 11.1. The van der Waals surface area contributed by atoms with Crippen LogP contribution in [0, 0.1) is 0 Å². The molecular weight excluding hydrogens is 428 g/mol. The lowest BCUT2D eigenvalue weighted by atomic mass is 10.0. The first-order valence-corrected chi connectivity index (χ1v) is 12.0. The first-order valence-electron chi connectivity index (χ1n) is 10.4. The third-order valence-electron chi connectivity index (χ3n) is 5.46. The monoisotopic (exact) mass is 446 g/mol. The van der Waals surface area contributed by atoms with E-state index in [1.54, 1.807) is 22.7 Å². The van der Waals surface area contributed by atoms with Crippen LogP contribution < -0.4 is 0 Å². The predicted molar refractivity (Wildman–Crippen MR) is 137 cm³/mol. The molecule has 2 aromatic heterocycles. The van der Waals surface area contributed by atoms with Crippen molar-refractivity contribution in [3.63, 3.8) is 0 Å². The number of rotatable bonds is 4. The van der Waals surface area contributed by atoms with Crippen LogP contribution in [0.25, 0.3) is 52.8 Å². The smallest absolute Gasteiger partial charge is 0.123 e. The number of aromatic nitrogens is 2. The number of thiazole rings is 2. The third kappa shape index (κ3) is 3.64. The van der Waals surface area contributed by atoms with Gasteiger partial charge in [0, 0.05) is 23.5 Å². The largest absolute Gasteiger partial charge is 0.244 e. The average molecular weight is 447 g/mol. The molecule has 0 amide bonds. The maximum absolute atomic E-state index is 4.68. The summed E-state index contributed by atoms with van der Waals surface area (Å²) < 4.78 is 0. The highest BCUT2D eigenvalue weighted by molar-refractivity contribution is 7.18. The van der Waals surface area contributed by atoms with Gasteiger partial charge in [0.05, 0.1) is 9.75 Å². The van der Waals surface area contributed by atoms with Gasteiger partial charge in [-0.2, -0.15) is 0 Å². The fourth-order valence-electron chi connectivity index (χ4n) is 3.80. The molecule has 32 heavy (non-hydrogen) atoms. The quantitative estimate of drug-likeness (QED) is 0.271. The van der Waals surface area contributed by atoms with Crippen LogP contribution >= 0.6 is 22.7 Å². The van der Waals surface area contributed by atoms with Crippen molar-refractivity contribution in [2.75, 3.05) is 0 Å². The number of nitrogens with zero attached hydrogens (tertiary/aromatic N) is 2. The van der Waals surface area contributed by atoms with Gasteiger partial charge in [-0.15, -0.1) is 22.7 Å². The molecule has 0 atom stereocenters. The zero-order chi connectivity index (χ0) is 21.3. The van der Waals surface area contributed by atoms with Gasteiger partial charge in [-0.25, -0.2) is 9.97 Å². The second kappa shape index (κ2) is 8.15. The zero-order valence-electron chi connectivity index (χ0n) is 17.1. The fourth-order valence-corrected chi connectivity index (χ4v) is 5.63. The minimum absolute atomic E-state index is 1.04. The fraction of sp³-hybridized carbons (Fsp3) is 0. The Morgan fingerprint density at radius 2 is 0.875 bits per heavy atom. The van der Waals surface area contributed by atoms with Crippen LogP contribution in [-0.4, -0.2) is 9.97 Å². The van der Waals surface area contributed by atoms with E-state index < -0.39 is 0 Å². The van der Waals surface area contributed by atoms with E-state index in [4.69, 9.17) is 0 Å². The lowest BCUT2D eigenvalue weighted by Gasteiger charge is -2.04. The first-order chi connectivity index (χ1) is 15.8. The Balaban J connectivity index is 1.31. The van der Waals surface area contributed by atoms with Crippen molar-refractivity contribution < 1.29 is 0 Å². The third-order valence-corrected chi connectivity index (χ3v) is 7.65. The molecule has 152 valence electrons. The van der Waals surface area contributed by atoms with Crippen LogP contribution in [0.15, 0.2) is 109 Å². The molecule has 0 unspecified atom stereocenters. The predicted octanol–water partition coefficient (Wildman–Crippen LogP) is 8.42. The lowest BCUT2D eigenvalue weighted by Crippen LogP contribution is -1.80. The molecule has 6 aromatic rings. The highest BCUT2D eigenvalue weighted by Crippen LogP contribution is 2.36. The number of benzene rings is 4. The van der Waals surface area contributed by atoms with E-state index >= 15 is 0 Å². The van der Waals surface area contributed by atoms with Gasteiger partial charge in [-0.1, -0.05) is 84.9 Å². The molecule has 0 aliphatic carbocycles. The van der Waals surface area contributed by atoms with Gasteiger partial charge in [0.25, 0.3) is 0 Å². The number of hydrogen-bond donors (Lipinski definition) is 0. The molecule has 0 fully saturated rings. The molecule has 4 heteroatoms. The van der Waals surface area contributed by atoms with Gasteiger partial charge in [0.15, 0.2) is 0 Å². The summed E-state index contributed by atoms with van der Waals surface area (Å²) in [6.45, 7) is 0. The van der Waals surface area contributed by atoms with E-state index in [0.29, 0.717) is 0 Å². The SMILES string of the molecule is c1ccc(-c2cnc(-c3ccc4cc(-c5ncc(-c6ccccc6)s5)ccc4c3)s2)cc1. The molecule has 2 heterocycles. The van der Waals surface area contributed by atoms with Gasteiger partial charge < -0.3 is 0 Å². The number of hydrogen-bond acceptors (Lipinski definition) is 4. The topological polar surface area (TPSA) is 25.8 Å². The minimum Gasteiger partial charge on any atom is -0.244 e. The van der Waals surface area contributed by atoms with Crippen molar-refractivity contribution in [3.05, 3.63) is 109 Å². The first kappa shape index (κ1) is 19.1. The van der Waals surface area contributed by atoms with E-state index in [0.717, 1.165) is 21.1 Å². The number of fused-ring (bicyclic) bond motifs is 1. The van der Waals surface area contributed by atoms with Gasteiger partial charge in [-0.05, 0) is 34.0 Å². The van der Waals surface area contributed by atoms with Crippen molar-refractivity contribution in [2.45, 2.75) is 0 Å². The second-order valence-electron chi connectivity index (χ2n) is 7.57. The van der Waals surface area contributed by atoms with Crippen LogP contribution in [-0.2, 0) is 0 Å². The van der Waals surface area contributed by atoms with Crippen molar-refractivity contribution in [2.24, 2.45) is 0 Å². The Hall–Kier alpha value is -3.60. The van der Waals surface area contributed by atoms with Gasteiger partial charge in [-0.3, -0.25) is 0 Å². The Morgan fingerprint density at radius 3 is 1.31 bits per heavy atom. The van der Waals surface area contributed by atoms with E-state index in [9.17, 15) is 0 Å². The average Bonchev–Trinajstić information content (AvgIpc) is 3.55. The molecule has 2 nitrogen and oxygen atoms in total. The summed E-state index contributed by atoms with van der Waals surface area (Å²) in [6.07, 6.45) is 3.94. The van der Waals surface area contributed by atoms with Crippen molar-refractivity contribution in [3.8, 4) is 42.0 Å². The molecular formula is C28H18N2S2. The Kier molecular flexibility index (Phi) is 4.87. The van der Waals surface area contributed by atoms with E-state index in [2.05, 4.69) is 94.9 Å². The van der Waals surface area contributed by atoms with Crippen LogP contribution in [0.5, 0.6) is 0 Å².